The van der Waals surface area contributed by atoms with Crippen LogP contribution in [0.25, 0.3) is 0 Å². The molecule has 0 saturated carbocycles. The van der Waals surface area contributed by atoms with Crippen LogP contribution in [0.4, 0.5) is 0 Å². The first kappa shape index (κ1) is 18.6. The van der Waals surface area contributed by atoms with Crippen molar-refractivity contribution in [3.05, 3.63) is 0 Å². The summed E-state index contributed by atoms with van der Waals surface area (Å²) in [5.74, 6) is -1.42. The third-order valence-corrected chi connectivity index (χ3v) is 4.32. The highest BCUT2D eigenvalue weighted by atomic mass is 16.5. The SMILES string of the molecule is CCC(C)(C)C(=O)C(=O)N1CCCC[C@H]1C(=O)OCCCN. The fourth-order valence-electron chi connectivity index (χ4n) is 2.35. The van der Waals surface area contributed by atoms with Crippen molar-refractivity contribution in [2.24, 2.45) is 11.1 Å². The largest absolute Gasteiger partial charge is 0.464 e. The fourth-order valence-corrected chi connectivity index (χ4v) is 2.35. The monoisotopic (exact) mass is 312 g/mol. The smallest absolute Gasteiger partial charge is 0.328 e. The van der Waals surface area contributed by atoms with Crippen molar-refractivity contribution in [2.45, 2.75) is 58.9 Å². The summed E-state index contributed by atoms with van der Waals surface area (Å²) >= 11 is 0. The predicted molar refractivity (Wildman–Crippen MR) is 83.1 cm³/mol. The Hall–Kier alpha value is -1.43. The third-order valence-electron chi connectivity index (χ3n) is 4.32. The number of piperidine rings is 1. The molecule has 6 nitrogen and oxygen atoms in total. The summed E-state index contributed by atoms with van der Waals surface area (Å²) in [4.78, 5) is 38.4. The molecule has 0 bridgehead atoms. The van der Waals surface area contributed by atoms with Gasteiger partial charge in [0.15, 0.2) is 0 Å². The molecule has 1 saturated heterocycles. The van der Waals surface area contributed by atoms with Crippen LogP contribution >= 0.6 is 0 Å². The van der Waals surface area contributed by atoms with Crippen molar-refractivity contribution in [1.82, 2.24) is 4.90 Å². The number of carbonyl (C=O) groups excluding carboxylic acids is 3. The molecule has 0 aliphatic carbocycles. The average molecular weight is 312 g/mol. The van der Waals surface area contributed by atoms with Crippen LogP contribution in [0.15, 0.2) is 0 Å². The fraction of sp³-hybridized carbons (Fsp3) is 0.812. The lowest BCUT2D eigenvalue weighted by atomic mass is 9.84. The maximum Gasteiger partial charge on any atom is 0.328 e. The zero-order valence-electron chi connectivity index (χ0n) is 13.9. The van der Waals surface area contributed by atoms with Gasteiger partial charge in [-0.3, -0.25) is 9.59 Å². The number of esters is 1. The minimum absolute atomic E-state index is 0.252. The second kappa shape index (κ2) is 8.27. The number of ether oxygens (including phenoxy) is 1. The first-order valence-corrected chi connectivity index (χ1v) is 8.07. The summed E-state index contributed by atoms with van der Waals surface area (Å²) < 4.78 is 5.17. The van der Waals surface area contributed by atoms with E-state index >= 15 is 0 Å². The summed E-state index contributed by atoms with van der Waals surface area (Å²) in [5.41, 5.74) is 4.67. The maximum atomic E-state index is 12.5. The van der Waals surface area contributed by atoms with Crippen molar-refractivity contribution < 1.29 is 19.1 Å². The number of hydrogen-bond donors (Lipinski definition) is 1. The second-order valence-electron chi connectivity index (χ2n) is 6.39. The normalized spacial score (nSPS) is 18.9. The van der Waals surface area contributed by atoms with Crippen LogP contribution in [0.1, 0.15) is 52.9 Å². The summed E-state index contributed by atoms with van der Waals surface area (Å²) in [6.45, 7) is 6.52. The number of carbonyl (C=O) groups is 3. The third kappa shape index (κ3) is 4.53. The maximum absolute atomic E-state index is 12.5. The van der Waals surface area contributed by atoms with Gasteiger partial charge in [0.25, 0.3) is 5.91 Å². The molecule has 0 aromatic rings. The van der Waals surface area contributed by atoms with Crippen molar-refractivity contribution in [3.63, 3.8) is 0 Å². The number of nitrogens with zero attached hydrogens (tertiary/aromatic N) is 1. The van der Waals surface area contributed by atoms with Crippen LogP contribution in [0.2, 0.25) is 0 Å². The van der Waals surface area contributed by atoms with Gasteiger partial charge in [-0.25, -0.2) is 4.79 Å². The molecule has 1 atom stereocenters. The van der Waals surface area contributed by atoms with Gasteiger partial charge in [0.05, 0.1) is 6.61 Å². The number of likely N-dealkylation sites (tertiary alicyclic amines) is 1. The summed E-state index contributed by atoms with van der Waals surface area (Å²) in [7, 11) is 0. The Morgan fingerprint density at radius 1 is 1.27 bits per heavy atom. The van der Waals surface area contributed by atoms with Gasteiger partial charge < -0.3 is 15.4 Å². The predicted octanol–water partition coefficient (Wildman–Crippen LogP) is 1.26. The lowest BCUT2D eigenvalue weighted by Gasteiger charge is -2.35. The quantitative estimate of drug-likeness (QED) is 0.434. The van der Waals surface area contributed by atoms with Crippen LogP contribution < -0.4 is 5.73 Å². The topological polar surface area (TPSA) is 89.7 Å². The van der Waals surface area contributed by atoms with Gasteiger partial charge in [0, 0.05) is 12.0 Å². The zero-order chi connectivity index (χ0) is 16.8. The molecule has 1 aliphatic heterocycles. The Kier molecular flexibility index (Phi) is 7.00. The highest BCUT2D eigenvalue weighted by molar-refractivity contribution is 6.38. The van der Waals surface area contributed by atoms with Gasteiger partial charge in [-0.15, -0.1) is 0 Å². The molecule has 2 N–H and O–H groups in total. The van der Waals surface area contributed by atoms with Crippen LogP contribution in [-0.2, 0) is 19.1 Å². The Morgan fingerprint density at radius 3 is 2.55 bits per heavy atom. The highest BCUT2D eigenvalue weighted by Gasteiger charge is 2.40. The highest BCUT2D eigenvalue weighted by Crippen LogP contribution is 2.25. The average Bonchev–Trinajstić information content (AvgIpc) is 2.53. The number of hydrogen-bond acceptors (Lipinski definition) is 5. The number of rotatable bonds is 7. The zero-order valence-corrected chi connectivity index (χ0v) is 13.9. The van der Waals surface area contributed by atoms with E-state index in [0.717, 1.165) is 12.8 Å². The van der Waals surface area contributed by atoms with Crippen molar-refractivity contribution in [1.29, 1.82) is 0 Å². The van der Waals surface area contributed by atoms with E-state index in [-0.39, 0.29) is 6.61 Å². The van der Waals surface area contributed by atoms with Gasteiger partial charge in [-0.05, 0) is 38.6 Å². The van der Waals surface area contributed by atoms with Crippen LogP contribution in [0.5, 0.6) is 0 Å². The molecule has 1 rings (SSSR count). The molecular weight excluding hydrogens is 284 g/mol. The lowest BCUT2D eigenvalue weighted by Crippen LogP contribution is -2.53. The first-order valence-electron chi connectivity index (χ1n) is 8.07. The number of nitrogens with two attached hydrogens (primary N) is 1. The molecule has 0 spiro atoms. The molecular formula is C16H28N2O4. The van der Waals surface area contributed by atoms with Crippen LogP contribution in [-0.4, -0.2) is 48.3 Å². The Balaban J connectivity index is 2.78. The van der Waals surface area contributed by atoms with E-state index in [0.29, 0.717) is 32.4 Å². The standard InChI is InChI=1S/C16H28N2O4/c1-4-16(2,3)13(19)14(20)18-10-6-5-8-12(18)15(21)22-11-7-9-17/h12H,4-11,17H2,1-3H3/t12-/m0/s1. The molecule has 0 unspecified atom stereocenters. The van der Waals surface area contributed by atoms with E-state index in [9.17, 15) is 14.4 Å². The number of Topliss-reactive ketones (excluding diaryl/α,β-unsaturated/α-hetero) is 1. The first-order chi connectivity index (χ1) is 10.3. The van der Waals surface area contributed by atoms with Crippen LogP contribution in [0.3, 0.4) is 0 Å². The molecule has 1 aliphatic rings. The Labute approximate surface area is 132 Å². The molecule has 22 heavy (non-hydrogen) atoms. The van der Waals surface area contributed by atoms with Gasteiger partial charge in [-0.2, -0.15) is 0 Å². The van der Waals surface area contributed by atoms with E-state index < -0.39 is 29.1 Å². The summed E-state index contributed by atoms with van der Waals surface area (Å²) in [6, 6.07) is -0.643. The van der Waals surface area contributed by atoms with E-state index in [1.54, 1.807) is 13.8 Å². The molecule has 1 heterocycles. The van der Waals surface area contributed by atoms with E-state index in [1.165, 1.54) is 4.90 Å². The molecule has 126 valence electrons. The van der Waals surface area contributed by atoms with Gasteiger partial charge in [0.1, 0.15) is 6.04 Å². The Morgan fingerprint density at radius 2 is 1.95 bits per heavy atom. The molecule has 0 aromatic heterocycles. The van der Waals surface area contributed by atoms with E-state index in [1.807, 2.05) is 6.92 Å². The Bertz CT molecular complexity index is 420. The van der Waals surface area contributed by atoms with Crippen molar-refractivity contribution >= 4 is 17.7 Å². The van der Waals surface area contributed by atoms with E-state index in [4.69, 9.17) is 10.5 Å². The lowest BCUT2D eigenvalue weighted by molar-refractivity contribution is -0.161. The van der Waals surface area contributed by atoms with E-state index in [2.05, 4.69) is 0 Å². The van der Waals surface area contributed by atoms with Gasteiger partial charge in [-0.1, -0.05) is 20.8 Å². The molecule has 1 amide bonds. The van der Waals surface area contributed by atoms with Crippen molar-refractivity contribution in [2.75, 3.05) is 19.7 Å². The number of ketones is 1. The number of amides is 1. The minimum Gasteiger partial charge on any atom is -0.464 e. The molecule has 1 fully saturated rings. The minimum atomic E-state index is -0.706. The second-order valence-corrected chi connectivity index (χ2v) is 6.39. The summed E-state index contributed by atoms with van der Waals surface area (Å²) in [6.07, 6.45) is 3.38. The van der Waals surface area contributed by atoms with Gasteiger partial charge in [0.2, 0.25) is 5.78 Å². The van der Waals surface area contributed by atoms with Crippen molar-refractivity contribution in [3.8, 4) is 0 Å². The van der Waals surface area contributed by atoms with Crippen LogP contribution in [0, 0.1) is 5.41 Å². The molecule has 0 aromatic carbocycles. The van der Waals surface area contributed by atoms with Gasteiger partial charge >= 0.3 is 5.97 Å². The summed E-state index contributed by atoms with van der Waals surface area (Å²) in [5, 5.41) is 0. The molecule has 6 heteroatoms. The molecule has 0 radical (unpaired) electrons.